The normalized spacial score (nSPS) is 21.2. The largest absolute Gasteiger partial charge is 0.385 e. The van der Waals surface area contributed by atoms with Crippen LogP contribution in [0.2, 0.25) is 0 Å². The lowest BCUT2D eigenvalue weighted by molar-refractivity contribution is 0.328. The zero-order valence-electron chi connectivity index (χ0n) is 15.4. The van der Waals surface area contributed by atoms with Crippen molar-refractivity contribution in [2.45, 2.75) is 57.2 Å². The molecule has 4 nitrogen and oxygen atoms in total. The van der Waals surface area contributed by atoms with Crippen LogP contribution in [0.1, 0.15) is 46.5 Å². The van der Waals surface area contributed by atoms with Gasteiger partial charge in [-0.05, 0) is 76.6 Å². The Morgan fingerprint density at radius 3 is 2.40 bits per heavy atom. The van der Waals surface area contributed by atoms with Gasteiger partial charge in [0, 0.05) is 34.7 Å². The van der Waals surface area contributed by atoms with Crippen LogP contribution >= 0.6 is 11.9 Å². The Morgan fingerprint density at radius 2 is 1.80 bits per heavy atom. The molecule has 0 atom stereocenters. The second-order valence-corrected chi connectivity index (χ2v) is 9.55. The van der Waals surface area contributed by atoms with E-state index in [2.05, 4.69) is 60.2 Å². The third-order valence-corrected chi connectivity index (χ3v) is 5.64. The molecular formula is C20H29N3OS. The fraction of sp³-hybridized carbons (Fsp3) is 0.550. The van der Waals surface area contributed by atoms with E-state index in [0.717, 1.165) is 23.8 Å². The van der Waals surface area contributed by atoms with Crippen molar-refractivity contribution in [3.05, 3.63) is 36.5 Å². The molecule has 1 aliphatic rings. The van der Waals surface area contributed by atoms with Crippen LogP contribution < -0.4 is 10.0 Å². The minimum Gasteiger partial charge on any atom is -0.385 e. The summed E-state index contributed by atoms with van der Waals surface area (Å²) >= 11 is 1.87. The van der Waals surface area contributed by atoms with Crippen LogP contribution in [0.3, 0.4) is 0 Å². The molecule has 25 heavy (non-hydrogen) atoms. The maximum absolute atomic E-state index is 5.19. The molecule has 1 aromatic carbocycles. The van der Waals surface area contributed by atoms with E-state index in [1.54, 1.807) is 6.20 Å². The molecule has 2 N–H and O–H groups in total. The highest BCUT2D eigenvalue weighted by Gasteiger charge is 2.22. The van der Waals surface area contributed by atoms with Crippen LogP contribution in [-0.2, 0) is 0 Å². The quantitative estimate of drug-likeness (QED) is 0.681. The highest BCUT2D eigenvalue weighted by molar-refractivity contribution is 7.98. The van der Waals surface area contributed by atoms with Gasteiger partial charge < -0.3 is 9.84 Å². The van der Waals surface area contributed by atoms with Gasteiger partial charge in [0.1, 0.15) is 0 Å². The lowest BCUT2D eigenvalue weighted by atomic mass is 9.86. The molecule has 3 rings (SSSR count). The highest BCUT2D eigenvalue weighted by atomic mass is 32.2. The first-order valence-corrected chi connectivity index (χ1v) is 10.00. The second kappa shape index (κ2) is 8.28. The van der Waals surface area contributed by atoms with E-state index in [9.17, 15) is 0 Å². The van der Waals surface area contributed by atoms with Gasteiger partial charge in [0.2, 0.25) is 0 Å². The van der Waals surface area contributed by atoms with E-state index < -0.39 is 0 Å². The average Bonchev–Trinajstić information content (AvgIpc) is 3.13. The number of nitrogens with one attached hydrogen (secondary N) is 2. The van der Waals surface area contributed by atoms with E-state index >= 15 is 0 Å². The van der Waals surface area contributed by atoms with Gasteiger partial charge in [0.05, 0.1) is 6.20 Å². The van der Waals surface area contributed by atoms with Gasteiger partial charge in [-0.3, -0.25) is 4.72 Å². The van der Waals surface area contributed by atoms with Gasteiger partial charge in [-0.15, -0.1) is 0 Å². The van der Waals surface area contributed by atoms with Crippen molar-refractivity contribution in [2.75, 3.05) is 11.9 Å². The number of rotatable bonds is 6. The molecule has 0 amide bonds. The lowest BCUT2D eigenvalue weighted by Crippen LogP contribution is -2.33. The molecule has 0 unspecified atom stereocenters. The Labute approximate surface area is 155 Å². The summed E-state index contributed by atoms with van der Waals surface area (Å²) in [7, 11) is 0. The van der Waals surface area contributed by atoms with Crippen molar-refractivity contribution < 1.29 is 4.52 Å². The summed E-state index contributed by atoms with van der Waals surface area (Å²) in [4.78, 5) is 0. The molecule has 5 heteroatoms. The van der Waals surface area contributed by atoms with Crippen LogP contribution in [0.15, 0.2) is 41.1 Å². The van der Waals surface area contributed by atoms with Crippen LogP contribution in [0.4, 0.5) is 5.69 Å². The maximum atomic E-state index is 5.19. The maximum Gasteiger partial charge on any atom is 0.166 e. The predicted octanol–water partition coefficient (Wildman–Crippen LogP) is 5.35. The zero-order valence-corrected chi connectivity index (χ0v) is 16.2. The van der Waals surface area contributed by atoms with Gasteiger partial charge in [-0.2, -0.15) is 0 Å². The van der Waals surface area contributed by atoms with Crippen molar-refractivity contribution in [2.24, 2.45) is 5.92 Å². The molecule has 1 heterocycles. The van der Waals surface area contributed by atoms with Gasteiger partial charge in [-0.25, -0.2) is 0 Å². The Bertz CT molecular complexity index is 626. The van der Waals surface area contributed by atoms with Crippen LogP contribution in [-0.4, -0.2) is 22.5 Å². The molecule has 0 aliphatic heterocycles. The minimum atomic E-state index is 0.288. The van der Waals surface area contributed by atoms with Crippen LogP contribution in [0, 0.1) is 5.92 Å². The number of anilines is 1. The molecule has 2 aromatic rings. The van der Waals surface area contributed by atoms with Crippen molar-refractivity contribution >= 4 is 17.6 Å². The van der Waals surface area contributed by atoms with Gasteiger partial charge >= 0.3 is 0 Å². The lowest BCUT2D eigenvalue weighted by Gasteiger charge is -2.31. The van der Waals surface area contributed by atoms with Gasteiger partial charge in [0.25, 0.3) is 0 Å². The number of benzene rings is 1. The third-order valence-electron chi connectivity index (χ3n) is 4.58. The van der Waals surface area contributed by atoms with Gasteiger partial charge in [-0.1, -0.05) is 17.1 Å². The van der Waals surface area contributed by atoms with Crippen molar-refractivity contribution in [3.63, 3.8) is 0 Å². The highest BCUT2D eigenvalue weighted by Crippen LogP contribution is 2.29. The average molecular weight is 360 g/mol. The number of nitrogens with zero attached hydrogens (tertiary/aromatic N) is 1. The second-order valence-electron chi connectivity index (χ2n) is 7.88. The number of hydrogen-bond donors (Lipinski definition) is 2. The molecule has 1 aliphatic carbocycles. The summed E-state index contributed by atoms with van der Waals surface area (Å²) in [5.74, 6) is 1.58. The fourth-order valence-electron chi connectivity index (χ4n) is 3.12. The van der Waals surface area contributed by atoms with E-state index in [1.807, 2.05) is 18.0 Å². The summed E-state index contributed by atoms with van der Waals surface area (Å²) in [6.45, 7) is 7.83. The first-order valence-electron chi connectivity index (χ1n) is 9.18. The van der Waals surface area contributed by atoms with Crippen molar-refractivity contribution in [1.82, 2.24) is 9.88 Å². The standard InChI is InChI=1S/C20H29N3OS/c1-20(2,3)25-23-18-8-4-15(5-9-18)14-21-17-10-6-16(7-11-17)19-12-13-22-24-19/h6-7,10-13,15,18,21,23H,4-5,8-9,14H2,1-3H3. The fourth-order valence-corrected chi connectivity index (χ4v) is 3.88. The topological polar surface area (TPSA) is 50.1 Å². The van der Waals surface area contributed by atoms with Crippen molar-refractivity contribution in [3.8, 4) is 11.3 Å². The summed E-state index contributed by atoms with van der Waals surface area (Å²) in [5, 5.41) is 7.34. The molecule has 1 saturated carbocycles. The predicted molar refractivity (Wildman–Crippen MR) is 107 cm³/mol. The third kappa shape index (κ3) is 5.79. The first kappa shape index (κ1) is 18.3. The molecule has 0 spiro atoms. The van der Waals surface area contributed by atoms with Crippen LogP contribution in [0.5, 0.6) is 0 Å². The first-order chi connectivity index (χ1) is 12.0. The Balaban J connectivity index is 1.40. The molecule has 0 bridgehead atoms. The van der Waals surface area contributed by atoms with Crippen molar-refractivity contribution in [1.29, 1.82) is 0 Å². The molecular weight excluding hydrogens is 330 g/mol. The van der Waals surface area contributed by atoms with E-state index in [4.69, 9.17) is 4.52 Å². The smallest absolute Gasteiger partial charge is 0.166 e. The number of aromatic nitrogens is 1. The molecule has 136 valence electrons. The molecule has 1 aromatic heterocycles. The van der Waals surface area contributed by atoms with Gasteiger partial charge in [0.15, 0.2) is 5.76 Å². The molecule has 1 fully saturated rings. The van der Waals surface area contributed by atoms with E-state index in [0.29, 0.717) is 6.04 Å². The Morgan fingerprint density at radius 1 is 1.08 bits per heavy atom. The summed E-state index contributed by atoms with van der Waals surface area (Å²) in [5.41, 5.74) is 2.23. The Hall–Kier alpha value is -1.46. The summed E-state index contributed by atoms with van der Waals surface area (Å²) in [6, 6.07) is 10.9. The zero-order chi connectivity index (χ0) is 17.7. The summed E-state index contributed by atoms with van der Waals surface area (Å²) < 4.78 is 9.13. The van der Waals surface area contributed by atoms with E-state index in [1.165, 1.54) is 31.4 Å². The molecule has 0 radical (unpaired) electrons. The van der Waals surface area contributed by atoms with Crippen LogP contribution in [0.25, 0.3) is 11.3 Å². The summed E-state index contributed by atoms with van der Waals surface area (Å²) in [6.07, 6.45) is 6.82. The van der Waals surface area contributed by atoms with E-state index in [-0.39, 0.29) is 4.75 Å². The monoisotopic (exact) mass is 359 g/mol. The minimum absolute atomic E-state index is 0.288. The number of hydrogen-bond acceptors (Lipinski definition) is 5. The molecule has 0 saturated heterocycles. The Kier molecular flexibility index (Phi) is 6.07. The SMILES string of the molecule is CC(C)(C)SNC1CCC(CNc2ccc(-c3ccno3)cc2)CC1.